The van der Waals surface area contributed by atoms with E-state index in [0.29, 0.717) is 16.4 Å². The van der Waals surface area contributed by atoms with Crippen molar-refractivity contribution in [1.29, 1.82) is 0 Å². The smallest absolute Gasteiger partial charge is 0.237 e. The first-order chi connectivity index (χ1) is 7.77. The second-order valence-corrected chi connectivity index (χ2v) is 3.89. The Bertz CT molecular complexity index is 393. The van der Waals surface area contributed by atoms with Gasteiger partial charge in [-0.15, -0.1) is 0 Å². The normalized spacial score (nSPS) is 14.1. The molecule has 96 valence electrons. The van der Waals surface area contributed by atoms with E-state index >= 15 is 0 Å². The fourth-order valence-electron chi connectivity index (χ4n) is 1.40. The summed E-state index contributed by atoms with van der Waals surface area (Å²) >= 11 is 3.69. The zero-order chi connectivity index (χ0) is 13.2. The van der Waals surface area contributed by atoms with Crippen LogP contribution in [0.15, 0.2) is 18.2 Å². The predicted octanol–water partition coefficient (Wildman–Crippen LogP) is 3.73. The van der Waals surface area contributed by atoms with Gasteiger partial charge in [-0.2, -0.15) is 13.2 Å². The Kier molecular flexibility index (Phi) is 4.37. The summed E-state index contributed by atoms with van der Waals surface area (Å²) in [6.45, 7) is 1.48. The Balaban J connectivity index is 3.18. The zero-order valence-corrected chi connectivity index (χ0v) is 9.70. The van der Waals surface area contributed by atoms with Crippen LogP contribution in [0.5, 0.6) is 0 Å². The van der Waals surface area contributed by atoms with Crippen LogP contribution in [-0.4, -0.2) is 17.0 Å². The number of hydrogen-bond acceptors (Lipinski definition) is 2. The molecule has 0 radical (unpaired) electrons. The van der Waals surface area contributed by atoms with Crippen molar-refractivity contribution in [1.82, 2.24) is 4.31 Å². The van der Waals surface area contributed by atoms with Crippen molar-refractivity contribution in [3.05, 3.63) is 35.4 Å². The fourth-order valence-corrected chi connectivity index (χ4v) is 1.66. The highest BCUT2D eigenvalue weighted by Crippen LogP contribution is 2.38. The molecule has 0 fully saturated rings. The summed E-state index contributed by atoms with van der Waals surface area (Å²) in [5.74, 6) is -2.49. The van der Waals surface area contributed by atoms with Gasteiger partial charge in [-0.3, -0.25) is 0 Å². The number of thiol groups is 1. The first-order valence-corrected chi connectivity index (χ1v) is 5.14. The van der Waals surface area contributed by atoms with E-state index in [-0.39, 0.29) is 12.1 Å². The molecule has 1 unspecified atom stereocenters. The third kappa shape index (κ3) is 3.32. The van der Waals surface area contributed by atoms with Gasteiger partial charge in [0.1, 0.15) is 6.04 Å². The second kappa shape index (κ2) is 5.22. The second-order valence-electron chi connectivity index (χ2n) is 3.37. The molecule has 7 heteroatoms. The van der Waals surface area contributed by atoms with Crippen LogP contribution in [0.4, 0.5) is 22.0 Å². The summed E-state index contributed by atoms with van der Waals surface area (Å²) < 4.78 is 64.6. The maximum Gasteiger partial charge on any atom is 0.408 e. The van der Waals surface area contributed by atoms with Crippen LogP contribution in [0.1, 0.15) is 18.5 Å². The maximum atomic E-state index is 12.9. The standard InChI is InChI=1S/C10H10F5NS/c1-2-16(17)9(10(13,14)15)6-3-4-7(11)8(12)5-6/h3-5,9,17H,2H2,1H3. The van der Waals surface area contributed by atoms with Gasteiger partial charge in [0.2, 0.25) is 0 Å². The third-order valence-electron chi connectivity index (χ3n) is 2.19. The molecule has 1 nitrogen and oxygen atoms in total. The fraction of sp³-hybridized carbons (Fsp3) is 0.400. The highest BCUT2D eigenvalue weighted by molar-refractivity contribution is 7.77. The van der Waals surface area contributed by atoms with Crippen molar-refractivity contribution < 1.29 is 22.0 Å². The molecule has 0 bridgehead atoms. The van der Waals surface area contributed by atoms with Crippen molar-refractivity contribution in [2.75, 3.05) is 6.54 Å². The molecule has 0 heterocycles. The van der Waals surface area contributed by atoms with E-state index in [2.05, 4.69) is 12.8 Å². The Hall–Kier alpha value is -0.820. The lowest BCUT2D eigenvalue weighted by Crippen LogP contribution is -2.32. The number of rotatable bonds is 3. The van der Waals surface area contributed by atoms with Gasteiger partial charge < -0.3 is 0 Å². The SMILES string of the molecule is CCN(S)C(c1ccc(F)c(F)c1)C(F)(F)F. The third-order valence-corrected chi connectivity index (χ3v) is 2.71. The quantitative estimate of drug-likeness (QED) is 0.647. The van der Waals surface area contributed by atoms with Gasteiger partial charge in [-0.25, -0.2) is 13.1 Å². The average molecular weight is 271 g/mol. The molecule has 0 amide bonds. The highest BCUT2D eigenvalue weighted by Gasteiger charge is 2.43. The maximum absolute atomic E-state index is 12.9. The van der Waals surface area contributed by atoms with Gasteiger partial charge in [0.15, 0.2) is 11.6 Å². The van der Waals surface area contributed by atoms with Crippen molar-refractivity contribution in [2.24, 2.45) is 0 Å². The van der Waals surface area contributed by atoms with E-state index in [9.17, 15) is 22.0 Å². The number of halogens is 5. The van der Waals surface area contributed by atoms with Gasteiger partial charge >= 0.3 is 6.18 Å². The summed E-state index contributed by atoms with van der Waals surface area (Å²) in [5.41, 5.74) is -0.381. The van der Waals surface area contributed by atoms with Crippen molar-refractivity contribution in [3.63, 3.8) is 0 Å². The Labute approximate surface area is 101 Å². The molecule has 1 atom stereocenters. The lowest BCUT2D eigenvalue weighted by Gasteiger charge is -2.28. The molecule has 0 aliphatic heterocycles. The Morgan fingerprint density at radius 1 is 1.24 bits per heavy atom. The molecule has 0 saturated carbocycles. The molecule has 0 N–H and O–H groups in total. The lowest BCUT2D eigenvalue weighted by atomic mass is 10.1. The highest BCUT2D eigenvalue weighted by atomic mass is 32.1. The molecule has 0 aliphatic carbocycles. The Morgan fingerprint density at radius 2 is 1.82 bits per heavy atom. The number of hydrogen-bond donors (Lipinski definition) is 1. The van der Waals surface area contributed by atoms with E-state index in [4.69, 9.17) is 0 Å². The minimum atomic E-state index is -4.61. The van der Waals surface area contributed by atoms with E-state index in [1.165, 1.54) is 6.92 Å². The number of nitrogens with zero attached hydrogens (tertiary/aromatic N) is 1. The van der Waals surface area contributed by atoms with Gasteiger partial charge in [0, 0.05) is 6.54 Å². The van der Waals surface area contributed by atoms with Gasteiger partial charge in [-0.05, 0) is 17.7 Å². The van der Waals surface area contributed by atoms with Gasteiger partial charge in [-0.1, -0.05) is 25.8 Å². The van der Waals surface area contributed by atoms with Crippen LogP contribution in [0.25, 0.3) is 0 Å². The molecular weight excluding hydrogens is 261 g/mol. The topological polar surface area (TPSA) is 3.24 Å². The van der Waals surface area contributed by atoms with Gasteiger partial charge in [0.05, 0.1) is 0 Å². The average Bonchev–Trinajstić information content (AvgIpc) is 2.21. The van der Waals surface area contributed by atoms with E-state index in [1.807, 2.05) is 0 Å². The monoisotopic (exact) mass is 271 g/mol. The lowest BCUT2D eigenvalue weighted by molar-refractivity contribution is -0.171. The molecule has 0 spiro atoms. The van der Waals surface area contributed by atoms with Crippen molar-refractivity contribution in [2.45, 2.75) is 19.1 Å². The number of benzene rings is 1. The van der Waals surface area contributed by atoms with E-state index < -0.39 is 23.9 Å². The molecule has 1 aromatic carbocycles. The summed E-state index contributed by atoms with van der Waals surface area (Å²) in [7, 11) is 0. The molecule has 0 aliphatic rings. The van der Waals surface area contributed by atoms with Crippen LogP contribution in [0, 0.1) is 11.6 Å². The largest absolute Gasteiger partial charge is 0.408 e. The first-order valence-electron chi connectivity index (χ1n) is 4.74. The van der Waals surface area contributed by atoms with E-state index in [0.717, 1.165) is 6.07 Å². The van der Waals surface area contributed by atoms with Gasteiger partial charge in [0.25, 0.3) is 0 Å². The predicted molar refractivity (Wildman–Crippen MR) is 56.5 cm³/mol. The molecular formula is C10H10F5NS. The van der Waals surface area contributed by atoms with E-state index in [1.54, 1.807) is 0 Å². The molecule has 0 saturated heterocycles. The summed E-state index contributed by atoms with van der Waals surface area (Å²) in [4.78, 5) is 0. The van der Waals surface area contributed by atoms with Crippen molar-refractivity contribution in [3.8, 4) is 0 Å². The minimum absolute atomic E-state index is 0.00623. The minimum Gasteiger partial charge on any atom is -0.237 e. The molecule has 1 aromatic rings. The van der Waals surface area contributed by atoms with Crippen LogP contribution < -0.4 is 0 Å². The van der Waals surface area contributed by atoms with Crippen LogP contribution in [0.3, 0.4) is 0 Å². The molecule has 17 heavy (non-hydrogen) atoms. The summed E-state index contributed by atoms with van der Waals surface area (Å²) in [6, 6.07) is 0.0358. The zero-order valence-electron chi connectivity index (χ0n) is 8.80. The Morgan fingerprint density at radius 3 is 2.24 bits per heavy atom. The molecule has 0 aromatic heterocycles. The summed E-state index contributed by atoms with van der Waals surface area (Å²) in [6.07, 6.45) is -4.61. The van der Waals surface area contributed by atoms with Crippen LogP contribution >= 0.6 is 12.8 Å². The molecule has 1 rings (SSSR count). The first kappa shape index (κ1) is 14.2. The number of alkyl halides is 3. The van der Waals surface area contributed by atoms with Crippen molar-refractivity contribution >= 4 is 12.8 Å². The summed E-state index contributed by atoms with van der Waals surface area (Å²) in [5, 5.41) is 0. The van der Waals surface area contributed by atoms with Crippen LogP contribution in [-0.2, 0) is 0 Å². The van der Waals surface area contributed by atoms with Crippen LogP contribution in [0.2, 0.25) is 0 Å².